The number of non-ortho nitro benzene ring substituents is 1. The molecule has 0 atom stereocenters. The quantitative estimate of drug-likeness (QED) is 0.371. The van der Waals surface area contributed by atoms with Crippen molar-refractivity contribution in [1.29, 1.82) is 0 Å². The molecule has 22 heavy (non-hydrogen) atoms. The van der Waals surface area contributed by atoms with E-state index in [4.69, 9.17) is 0 Å². The molecule has 0 aliphatic heterocycles. The topological polar surface area (TPSA) is 79.6 Å². The smallest absolute Gasteiger partial charge is 0.269 e. The number of nitro benzene ring substituents is 1. The highest BCUT2D eigenvalue weighted by Crippen LogP contribution is 2.11. The Labute approximate surface area is 133 Å². The fourth-order valence-corrected chi connectivity index (χ4v) is 2.48. The maximum Gasteiger partial charge on any atom is 0.269 e. The first-order valence-corrected chi connectivity index (χ1v) is 7.90. The lowest BCUT2D eigenvalue weighted by Gasteiger charge is -2.11. The van der Waals surface area contributed by atoms with Gasteiger partial charge in [0.1, 0.15) is 0 Å². The molecule has 0 spiro atoms. The van der Waals surface area contributed by atoms with Crippen molar-refractivity contribution in [1.82, 2.24) is 10.6 Å². The molecule has 7 heteroatoms. The molecule has 2 rings (SSSR count). The Morgan fingerprint density at radius 3 is 2.59 bits per heavy atom. The van der Waals surface area contributed by atoms with E-state index in [1.54, 1.807) is 23.5 Å². The van der Waals surface area contributed by atoms with E-state index in [-0.39, 0.29) is 5.69 Å². The van der Waals surface area contributed by atoms with Crippen molar-refractivity contribution >= 4 is 23.0 Å². The lowest BCUT2D eigenvalue weighted by atomic mass is 10.2. The van der Waals surface area contributed by atoms with Gasteiger partial charge in [0.15, 0.2) is 5.96 Å². The number of hydrogen-bond acceptors (Lipinski definition) is 4. The molecule has 0 unspecified atom stereocenters. The van der Waals surface area contributed by atoms with Crippen LogP contribution in [0.3, 0.4) is 0 Å². The molecule has 1 aromatic heterocycles. The summed E-state index contributed by atoms with van der Waals surface area (Å²) in [6.45, 7) is 3.97. The Balaban J connectivity index is 1.93. The minimum atomic E-state index is -0.399. The minimum Gasteiger partial charge on any atom is -0.357 e. The predicted octanol–water partition coefficient (Wildman–Crippen LogP) is 2.91. The molecule has 0 aliphatic rings. The van der Waals surface area contributed by atoms with E-state index >= 15 is 0 Å². The standard InChI is InChI=1S/C15H18N4O2S/c1-2-16-15(18-10-13-7-8-22-11-13)17-9-12-3-5-14(6-4-12)19(20)21/h3-8,11H,2,9-10H2,1H3,(H2,16,17,18). The first kappa shape index (κ1) is 16.0. The molecule has 116 valence electrons. The van der Waals surface area contributed by atoms with Crippen LogP contribution >= 0.6 is 11.3 Å². The maximum absolute atomic E-state index is 10.6. The van der Waals surface area contributed by atoms with Gasteiger partial charge in [0.25, 0.3) is 5.69 Å². The molecule has 0 bridgehead atoms. The summed E-state index contributed by atoms with van der Waals surface area (Å²) in [6.07, 6.45) is 0. The summed E-state index contributed by atoms with van der Waals surface area (Å²) in [5.74, 6) is 0.729. The lowest BCUT2D eigenvalue weighted by molar-refractivity contribution is -0.384. The third kappa shape index (κ3) is 4.85. The lowest BCUT2D eigenvalue weighted by Crippen LogP contribution is -2.36. The molecular weight excluding hydrogens is 300 g/mol. The number of nitro groups is 1. The van der Waals surface area contributed by atoms with Gasteiger partial charge in [0.05, 0.1) is 11.5 Å². The third-order valence-corrected chi connectivity index (χ3v) is 3.68. The van der Waals surface area contributed by atoms with E-state index in [0.717, 1.165) is 18.1 Å². The van der Waals surface area contributed by atoms with Gasteiger partial charge in [0.2, 0.25) is 0 Å². The van der Waals surface area contributed by atoms with Crippen LogP contribution in [0.15, 0.2) is 46.1 Å². The highest BCUT2D eigenvalue weighted by molar-refractivity contribution is 7.07. The highest BCUT2D eigenvalue weighted by Gasteiger charge is 2.04. The summed E-state index contributed by atoms with van der Waals surface area (Å²) in [4.78, 5) is 14.7. The van der Waals surface area contributed by atoms with Crippen LogP contribution in [0.1, 0.15) is 18.1 Å². The van der Waals surface area contributed by atoms with Gasteiger partial charge in [-0.1, -0.05) is 12.1 Å². The Morgan fingerprint density at radius 2 is 2.00 bits per heavy atom. The van der Waals surface area contributed by atoms with Gasteiger partial charge in [-0.25, -0.2) is 4.99 Å². The highest BCUT2D eigenvalue weighted by atomic mass is 32.1. The van der Waals surface area contributed by atoms with Crippen molar-refractivity contribution in [2.75, 3.05) is 6.54 Å². The number of nitrogens with zero attached hydrogens (tertiary/aromatic N) is 2. The van der Waals surface area contributed by atoms with Crippen LogP contribution < -0.4 is 10.6 Å². The van der Waals surface area contributed by atoms with Gasteiger partial charge in [-0.3, -0.25) is 10.1 Å². The summed E-state index contributed by atoms with van der Waals surface area (Å²) in [5, 5.41) is 21.1. The fraction of sp³-hybridized carbons (Fsp3) is 0.267. The normalized spacial score (nSPS) is 11.2. The number of rotatable bonds is 6. The van der Waals surface area contributed by atoms with Gasteiger partial charge in [-0.15, -0.1) is 0 Å². The molecule has 0 amide bonds. The zero-order chi connectivity index (χ0) is 15.8. The molecule has 2 N–H and O–H groups in total. The van der Waals surface area contributed by atoms with Crippen LogP contribution in [-0.2, 0) is 13.1 Å². The molecule has 6 nitrogen and oxygen atoms in total. The first-order chi connectivity index (χ1) is 10.7. The number of hydrogen-bond donors (Lipinski definition) is 2. The van der Waals surface area contributed by atoms with Crippen LogP contribution in [0.4, 0.5) is 5.69 Å². The molecule has 0 radical (unpaired) electrons. The number of nitrogens with one attached hydrogen (secondary N) is 2. The maximum atomic E-state index is 10.6. The summed E-state index contributed by atoms with van der Waals surface area (Å²) in [5.41, 5.74) is 2.24. The zero-order valence-electron chi connectivity index (χ0n) is 12.3. The van der Waals surface area contributed by atoms with Gasteiger partial charge >= 0.3 is 0 Å². The second-order valence-corrected chi connectivity index (χ2v) is 5.38. The molecule has 1 aromatic carbocycles. The van der Waals surface area contributed by atoms with Crippen molar-refractivity contribution in [3.8, 4) is 0 Å². The van der Waals surface area contributed by atoms with Gasteiger partial charge in [0, 0.05) is 25.2 Å². The summed E-state index contributed by atoms with van der Waals surface area (Å²) in [6, 6.07) is 8.55. The largest absolute Gasteiger partial charge is 0.357 e. The Hall–Kier alpha value is -2.41. The van der Waals surface area contributed by atoms with E-state index in [1.165, 1.54) is 17.7 Å². The van der Waals surface area contributed by atoms with Crippen molar-refractivity contribution in [2.45, 2.75) is 20.0 Å². The fourth-order valence-electron chi connectivity index (χ4n) is 1.82. The van der Waals surface area contributed by atoms with Crippen LogP contribution in [0.2, 0.25) is 0 Å². The summed E-state index contributed by atoms with van der Waals surface area (Å²) >= 11 is 1.65. The third-order valence-electron chi connectivity index (χ3n) is 2.95. The van der Waals surface area contributed by atoms with Crippen LogP contribution in [0, 0.1) is 10.1 Å². The summed E-state index contributed by atoms with van der Waals surface area (Å²) < 4.78 is 0. The monoisotopic (exact) mass is 318 g/mol. The van der Waals surface area contributed by atoms with Crippen molar-refractivity contribution in [2.24, 2.45) is 4.99 Å². The van der Waals surface area contributed by atoms with E-state index < -0.39 is 4.92 Å². The average Bonchev–Trinajstić information content (AvgIpc) is 3.04. The first-order valence-electron chi connectivity index (χ1n) is 6.95. The number of aliphatic imine (C=N–C) groups is 1. The Morgan fingerprint density at radius 1 is 1.23 bits per heavy atom. The van der Waals surface area contributed by atoms with Gasteiger partial charge < -0.3 is 10.6 Å². The number of guanidine groups is 1. The summed E-state index contributed by atoms with van der Waals surface area (Å²) in [7, 11) is 0. The van der Waals surface area contributed by atoms with Crippen LogP contribution in [0.5, 0.6) is 0 Å². The Kier molecular flexibility index (Phi) is 5.91. The number of thiophene rings is 1. The van der Waals surface area contributed by atoms with Crippen molar-refractivity contribution in [3.05, 3.63) is 62.3 Å². The Bertz CT molecular complexity index is 624. The van der Waals surface area contributed by atoms with Gasteiger partial charge in [-0.2, -0.15) is 11.3 Å². The SMILES string of the molecule is CCNC(=NCc1ccsc1)NCc1ccc([N+](=O)[O-])cc1. The predicted molar refractivity (Wildman–Crippen MR) is 89.1 cm³/mol. The average molecular weight is 318 g/mol. The molecule has 1 heterocycles. The minimum absolute atomic E-state index is 0.0989. The van der Waals surface area contributed by atoms with Crippen molar-refractivity contribution in [3.63, 3.8) is 0 Å². The van der Waals surface area contributed by atoms with Crippen molar-refractivity contribution < 1.29 is 4.92 Å². The van der Waals surface area contributed by atoms with Crippen LogP contribution in [0.25, 0.3) is 0 Å². The molecule has 0 saturated heterocycles. The van der Waals surface area contributed by atoms with E-state index in [2.05, 4.69) is 21.0 Å². The van der Waals surface area contributed by atoms with Crippen LogP contribution in [-0.4, -0.2) is 17.4 Å². The molecule has 2 aromatic rings. The molecular formula is C15H18N4O2S. The van der Waals surface area contributed by atoms with E-state index in [9.17, 15) is 10.1 Å². The molecule has 0 fully saturated rings. The van der Waals surface area contributed by atoms with E-state index in [0.29, 0.717) is 13.1 Å². The molecule has 0 aliphatic carbocycles. The molecule has 0 saturated carbocycles. The van der Waals surface area contributed by atoms with E-state index in [1.807, 2.05) is 18.4 Å². The second kappa shape index (κ2) is 8.14. The second-order valence-electron chi connectivity index (χ2n) is 4.60. The van der Waals surface area contributed by atoms with Gasteiger partial charge in [-0.05, 0) is 34.9 Å². The zero-order valence-corrected chi connectivity index (χ0v) is 13.1. The number of benzene rings is 1.